The van der Waals surface area contributed by atoms with Crippen LogP contribution in [0.3, 0.4) is 0 Å². The molecule has 1 heterocycles. The Balaban J connectivity index is 1.54. The molecule has 2 saturated carbocycles. The first-order valence-electron chi connectivity index (χ1n) is 8.69. The molecule has 0 aliphatic heterocycles. The normalized spacial score (nSPS) is 28.0. The van der Waals surface area contributed by atoms with E-state index < -0.39 is 0 Å². The third-order valence-corrected chi connectivity index (χ3v) is 5.89. The molecule has 1 aromatic heterocycles. The zero-order chi connectivity index (χ0) is 16.2. The monoisotopic (exact) mass is 311 g/mol. The summed E-state index contributed by atoms with van der Waals surface area (Å²) in [4.78, 5) is 12.6. The Morgan fingerprint density at radius 2 is 2.22 bits per heavy atom. The number of nitrogens with one attached hydrogen (secondary N) is 1. The number of rotatable bonds is 4. The maximum atomic E-state index is 12.6. The molecule has 4 heteroatoms. The fourth-order valence-electron chi connectivity index (χ4n) is 4.12. The molecule has 23 heavy (non-hydrogen) atoms. The zero-order valence-corrected chi connectivity index (χ0v) is 14.2. The van der Waals surface area contributed by atoms with Gasteiger partial charge in [0.1, 0.15) is 0 Å². The van der Waals surface area contributed by atoms with E-state index in [0.717, 1.165) is 30.2 Å². The summed E-state index contributed by atoms with van der Waals surface area (Å²) in [7, 11) is 1.85. The number of carbonyl (C=O) groups is 1. The number of amides is 1. The van der Waals surface area contributed by atoms with Gasteiger partial charge in [-0.1, -0.05) is 13.0 Å². The largest absolute Gasteiger partial charge is 0.322 e. The van der Waals surface area contributed by atoms with Gasteiger partial charge in [-0.3, -0.25) is 9.48 Å². The van der Waals surface area contributed by atoms with Crippen molar-refractivity contribution in [3.8, 4) is 0 Å². The van der Waals surface area contributed by atoms with Crippen molar-refractivity contribution in [1.82, 2.24) is 15.1 Å². The molecule has 3 aliphatic rings. The number of aryl methyl sites for hydroxylation is 2. The summed E-state index contributed by atoms with van der Waals surface area (Å²) in [5.74, 6) is 1.50. The molecule has 0 aromatic carbocycles. The van der Waals surface area contributed by atoms with Crippen LogP contribution in [0.4, 0.5) is 0 Å². The fourth-order valence-corrected chi connectivity index (χ4v) is 4.12. The summed E-state index contributed by atoms with van der Waals surface area (Å²) in [5.41, 5.74) is 4.55. The number of nitrogens with zero attached hydrogens (tertiary/aromatic N) is 2. The van der Waals surface area contributed by atoms with Gasteiger partial charge in [-0.15, -0.1) is 0 Å². The van der Waals surface area contributed by atoms with E-state index in [1.807, 2.05) is 14.0 Å². The van der Waals surface area contributed by atoms with Gasteiger partial charge >= 0.3 is 0 Å². The Kier molecular flexibility index (Phi) is 3.26. The third-order valence-electron chi connectivity index (χ3n) is 5.89. The molecule has 1 N–H and O–H groups in total. The van der Waals surface area contributed by atoms with Gasteiger partial charge in [-0.05, 0) is 67.9 Å². The Morgan fingerprint density at radius 1 is 1.43 bits per heavy atom. The van der Waals surface area contributed by atoms with Gasteiger partial charge in [0.2, 0.25) is 0 Å². The maximum Gasteiger partial charge on any atom is 0.259 e. The van der Waals surface area contributed by atoms with Crippen LogP contribution >= 0.6 is 0 Å². The lowest BCUT2D eigenvalue weighted by Crippen LogP contribution is -2.25. The molecule has 3 aliphatic carbocycles. The highest BCUT2D eigenvalue weighted by molar-refractivity contribution is 5.96. The van der Waals surface area contributed by atoms with Crippen LogP contribution in [0.5, 0.6) is 0 Å². The van der Waals surface area contributed by atoms with Gasteiger partial charge in [0.05, 0.1) is 11.3 Å². The molecule has 4 rings (SSSR count). The summed E-state index contributed by atoms with van der Waals surface area (Å²) in [5, 5.41) is 7.42. The van der Waals surface area contributed by atoms with E-state index in [9.17, 15) is 4.79 Å². The van der Waals surface area contributed by atoms with Crippen LogP contribution in [0, 0.1) is 24.2 Å². The lowest BCUT2D eigenvalue weighted by atomic mass is 9.92. The predicted molar refractivity (Wildman–Crippen MR) is 89.7 cm³/mol. The van der Waals surface area contributed by atoms with Crippen molar-refractivity contribution < 1.29 is 4.79 Å². The predicted octanol–water partition coefficient (Wildman–Crippen LogP) is 3.50. The van der Waals surface area contributed by atoms with Crippen molar-refractivity contribution in [2.75, 3.05) is 0 Å². The number of allylic oxidation sites excluding steroid dienone is 3. The number of aromatic nitrogens is 2. The Morgan fingerprint density at radius 3 is 2.87 bits per heavy atom. The first-order valence-corrected chi connectivity index (χ1v) is 8.69. The minimum atomic E-state index is -0.0375. The van der Waals surface area contributed by atoms with E-state index in [-0.39, 0.29) is 5.91 Å². The van der Waals surface area contributed by atoms with E-state index in [1.165, 1.54) is 24.8 Å². The van der Waals surface area contributed by atoms with Crippen molar-refractivity contribution in [2.24, 2.45) is 24.3 Å². The molecule has 1 aromatic rings. The summed E-state index contributed by atoms with van der Waals surface area (Å²) >= 11 is 0. The Bertz CT molecular complexity index is 721. The topological polar surface area (TPSA) is 46.9 Å². The number of hydrogen-bond donors (Lipinski definition) is 1. The van der Waals surface area contributed by atoms with Crippen LogP contribution in [-0.2, 0) is 7.05 Å². The summed E-state index contributed by atoms with van der Waals surface area (Å²) in [6.45, 7) is 4.31. The molecule has 2 fully saturated rings. The molecule has 0 radical (unpaired) electrons. The van der Waals surface area contributed by atoms with E-state index in [4.69, 9.17) is 0 Å². The van der Waals surface area contributed by atoms with Crippen molar-refractivity contribution in [2.45, 2.75) is 46.0 Å². The van der Waals surface area contributed by atoms with E-state index >= 15 is 0 Å². The number of hydrogen-bond acceptors (Lipinski definition) is 2. The van der Waals surface area contributed by atoms with Gasteiger partial charge in [-0.25, -0.2) is 0 Å². The highest BCUT2D eigenvalue weighted by Crippen LogP contribution is 2.66. The van der Waals surface area contributed by atoms with Crippen molar-refractivity contribution in [3.05, 3.63) is 40.9 Å². The standard InChI is InChI=1S/C19H25N3O/c1-12-15(11-22(3)21-12)18(23)20-17-7-5-4-6-13(17)14-10-16(14)19(2)8-9-19/h5,7,11,14,16H,4,6,8-10H2,1-3H3,(H,20,23)/t14-,16-/m0/s1. The van der Waals surface area contributed by atoms with Gasteiger partial charge in [0, 0.05) is 18.9 Å². The van der Waals surface area contributed by atoms with Crippen molar-refractivity contribution in [1.29, 1.82) is 0 Å². The van der Waals surface area contributed by atoms with Crippen molar-refractivity contribution >= 4 is 5.91 Å². The maximum absolute atomic E-state index is 12.6. The molecular formula is C19H25N3O. The van der Waals surface area contributed by atoms with Gasteiger partial charge in [-0.2, -0.15) is 5.10 Å². The van der Waals surface area contributed by atoms with E-state index in [0.29, 0.717) is 16.9 Å². The molecule has 1 amide bonds. The second-order valence-corrected chi connectivity index (χ2v) is 7.74. The molecule has 0 unspecified atom stereocenters. The molecule has 2 atom stereocenters. The molecule has 0 spiro atoms. The highest BCUT2D eigenvalue weighted by atomic mass is 16.1. The smallest absolute Gasteiger partial charge is 0.259 e. The third kappa shape index (κ3) is 2.64. The molecular weight excluding hydrogens is 286 g/mol. The Labute approximate surface area is 137 Å². The van der Waals surface area contributed by atoms with Crippen LogP contribution in [0.2, 0.25) is 0 Å². The second-order valence-electron chi connectivity index (χ2n) is 7.74. The molecule has 0 saturated heterocycles. The van der Waals surface area contributed by atoms with Gasteiger partial charge in [0.15, 0.2) is 0 Å². The summed E-state index contributed by atoms with van der Waals surface area (Å²) in [6, 6.07) is 0. The van der Waals surface area contributed by atoms with Crippen LogP contribution in [0.1, 0.15) is 55.1 Å². The zero-order valence-electron chi connectivity index (χ0n) is 14.2. The van der Waals surface area contributed by atoms with Gasteiger partial charge < -0.3 is 5.32 Å². The first kappa shape index (κ1) is 14.7. The lowest BCUT2D eigenvalue weighted by molar-refractivity contribution is 0.0965. The van der Waals surface area contributed by atoms with Gasteiger partial charge in [0.25, 0.3) is 5.91 Å². The summed E-state index contributed by atoms with van der Waals surface area (Å²) in [6.07, 6.45) is 12.3. The number of carbonyl (C=O) groups excluding carboxylic acids is 1. The van der Waals surface area contributed by atoms with Crippen molar-refractivity contribution in [3.63, 3.8) is 0 Å². The van der Waals surface area contributed by atoms with E-state index in [2.05, 4.69) is 29.5 Å². The first-order chi connectivity index (χ1) is 11.0. The highest BCUT2D eigenvalue weighted by Gasteiger charge is 2.57. The minimum Gasteiger partial charge on any atom is -0.322 e. The van der Waals surface area contributed by atoms with Crippen LogP contribution in [0.15, 0.2) is 29.6 Å². The average Bonchev–Trinajstić information content (AvgIpc) is 3.41. The van der Waals surface area contributed by atoms with Crippen LogP contribution in [-0.4, -0.2) is 15.7 Å². The average molecular weight is 311 g/mol. The summed E-state index contributed by atoms with van der Waals surface area (Å²) < 4.78 is 1.70. The van der Waals surface area contributed by atoms with Crippen LogP contribution in [0.25, 0.3) is 0 Å². The second kappa shape index (κ2) is 5.08. The lowest BCUT2D eigenvalue weighted by Gasteiger charge is -2.18. The minimum absolute atomic E-state index is 0.0375. The molecule has 4 nitrogen and oxygen atoms in total. The fraction of sp³-hybridized carbons (Fsp3) is 0.579. The van der Waals surface area contributed by atoms with E-state index in [1.54, 1.807) is 10.9 Å². The Hall–Kier alpha value is -1.84. The molecule has 122 valence electrons. The van der Waals surface area contributed by atoms with Crippen LogP contribution < -0.4 is 5.32 Å². The quantitative estimate of drug-likeness (QED) is 0.925. The molecule has 0 bridgehead atoms. The SMILES string of the molecule is Cc1nn(C)cc1C(=O)NC1=C([C@@H]2C[C@@H]2C2(C)CC2)CCC=C1.